The highest BCUT2D eigenvalue weighted by atomic mass is 16.5. The molecule has 6 nitrogen and oxygen atoms in total. The third kappa shape index (κ3) is 5.32. The summed E-state index contributed by atoms with van der Waals surface area (Å²) in [5.74, 6) is -1.33. The lowest BCUT2D eigenvalue weighted by Gasteiger charge is -2.26. The Morgan fingerprint density at radius 1 is 1.06 bits per heavy atom. The van der Waals surface area contributed by atoms with Crippen LogP contribution < -0.4 is 5.32 Å². The van der Waals surface area contributed by atoms with Crippen molar-refractivity contribution in [3.63, 3.8) is 0 Å². The van der Waals surface area contributed by atoms with Crippen LogP contribution in [0.1, 0.15) is 42.0 Å². The van der Waals surface area contributed by atoms with Gasteiger partial charge in [-0.25, -0.2) is 0 Å². The third-order valence-electron chi connectivity index (χ3n) is 6.11. The van der Waals surface area contributed by atoms with Crippen LogP contribution in [0.5, 0.6) is 0 Å². The number of likely N-dealkylation sites (tertiary alicyclic amines) is 1. The summed E-state index contributed by atoms with van der Waals surface area (Å²) in [6, 6.07) is 18.0. The van der Waals surface area contributed by atoms with Gasteiger partial charge in [0, 0.05) is 19.5 Å². The molecule has 0 saturated carbocycles. The second-order valence-electron chi connectivity index (χ2n) is 8.30. The lowest BCUT2D eigenvalue weighted by atomic mass is 9.88. The molecule has 1 saturated heterocycles. The zero-order chi connectivity index (χ0) is 21.6. The SMILES string of the molecule is O=C(COC(=O)[C@@H]1CC(=O)N(CCc2ccccc2)C1)N[C@H]1CCCc2ccccc21. The van der Waals surface area contributed by atoms with Crippen LogP contribution in [0.2, 0.25) is 0 Å². The van der Waals surface area contributed by atoms with Crippen molar-refractivity contribution in [3.8, 4) is 0 Å². The van der Waals surface area contributed by atoms with Crippen molar-refractivity contribution >= 4 is 17.8 Å². The number of aryl methyl sites for hydroxylation is 1. The minimum Gasteiger partial charge on any atom is -0.455 e. The van der Waals surface area contributed by atoms with Gasteiger partial charge in [-0.15, -0.1) is 0 Å². The van der Waals surface area contributed by atoms with E-state index in [4.69, 9.17) is 4.74 Å². The van der Waals surface area contributed by atoms with Gasteiger partial charge in [-0.1, -0.05) is 54.6 Å². The van der Waals surface area contributed by atoms with E-state index in [9.17, 15) is 14.4 Å². The van der Waals surface area contributed by atoms with E-state index in [0.29, 0.717) is 13.1 Å². The molecule has 2 aromatic carbocycles. The maximum absolute atomic E-state index is 12.4. The van der Waals surface area contributed by atoms with Crippen LogP contribution in [-0.2, 0) is 32.0 Å². The third-order valence-corrected chi connectivity index (χ3v) is 6.11. The number of benzene rings is 2. The number of ether oxygens (including phenoxy) is 1. The summed E-state index contributed by atoms with van der Waals surface area (Å²) in [4.78, 5) is 38.8. The summed E-state index contributed by atoms with van der Waals surface area (Å²) >= 11 is 0. The monoisotopic (exact) mass is 420 g/mol. The van der Waals surface area contributed by atoms with Crippen molar-refractivity contribution in [1.29, 1.82) is 0 Å². The first-order valence-electron chi connectivity index (χ1n) is 11.0. The molecule has 2 aliphatic rings. The minimum atomic E-state index is -0.508. The summed E-state index contributed by atoms with van der Waals surface area (Å²) in [6.45, 7) is 0.614. The Balaban J connectivity index is 1.23. The van der Waals surface area contributed by atoms with Gasteiger partial charge in [0.2, 0.25) is 5.91 Å². The molecule has 2 amide bonds. The Morgan fingerprint density at radius 2 is 1.84 bits per heavy atom. The van der Waals surface area contributed by atoms with E-state index in [0.717, 1.165) is 36.8 Å². The molecule has 2 aromatic rings. The van der Waals surface area contributed by atoms with Crippen molar-refractivity contribution < 1.29 is 19.1 Å². The first-order valence-corrected chi connectivity index (χ1v) is 11.0. The molecular weight excluding hydrogens is 392 g/mol. The van der Waals surface area contributed by atoms with E-state index < -0.39 is 11.9 Å². The number of amides is 2. The highest BCUT2D eigenvalue weighted by molar-refractivity contribution is 5.88. The van der Waals surface area contributed by atoms with Crippen LogP contribution in [0.15, 0.2) is 54.6 Å². The van der Waals surface area contributed by atoms with Gasteiger partial charge in [0.25, 0.3) is 5.91 Å². The zero-order valence-electron chi connectivity index (χ0n) is 17.6. The van der Waals surface area contributed by atoms with Gasteiger partial charge in [0.1, 0.15) is 0 Å². The molecule has 4 rings (SSSR count). The summed E-state index contributed by atoms with van der Waals surface area (Å²) in [6.07, 6.45) is 3.81. The smallest absolute Gasteiger partial charge is 0.311 e. The first kappa shape index (κ1) is 21.1. The molecule has 6 heteroatoms. The lowest BCUT2D eigenvalue weighted by Crippen LogP contribution is -2.35. The molecule has 162 valence electrons. The molecule has 0 unspecified atom stereocenters. The number of carbonyl (C=O) groups is 3. The van der Waals surface area contributed by atoms with E-state index in [2.05, 4.69) is 11.4 Å². The molecule has 1 aliphatic heterocycles. The standard InChI is InChI=1S/C25H28N2O4/c28-23(26-22-12-6-10-19-9-4-5-11-21(19)22)17-31-25(30)20-15-24(29)27(16-20)14-13-18-7-2-1-3-8-18/h1-5,7-9,11,20,22H,6,10,12-17H2,(H,26,28)/t20-,22+/m1/s1. The Hall–Kier alpha value is -3.15. The average Bonchev–Trinajstić information content (AvgIpc) is 3.17. The second-order valence-corrected chi connectivity index (χ2v) is 8.30. The lowest BCUT2D eigenvalue weighted by molar-refractivity contribution is -0.152. The summed E-state index contributed by atoms with van der Waals surface area (Å²) in [5, 5.41) is 2.98. The fourth-order valence-corrected chi connectivity index (χ4v) is 4.45. The van der Waals surface area contributed by atoms with Crippen molar-refractivity contribution in [2.45, 2.75) is 38.1 Å². The predicted molar refractivity (Wildman–Crippen MR) is 116 cm³/mol. The number of nitrogens with zero attached hydrogens (tertiary/aromatic N) is 1. The topological polar surface area (TPSA) is 75.7 Å². The van der Waals surface area contributed by atoms with Crippen molar-refractivity contribution in [3.05, 3.63) is 71.3 Å². The molecule has 1 heterocycles. The average molecular weight is 421 g/mol. The molecular formula is C25H28N2O4. The van der Waals surface area contributed by atoms with E-state index in [1.165, 1.54) is 5.56 Å². The minimum absolute atomic E-state index is 0.0406. The summed E-state index contributed by atoms with van der Waals surface area (Å²) in [7, 11) is 0. The predicted octanol–water partition coefficient (Wildman–Crippen LogP) is 2.81. The molecule has 31 heavy (non-hydrogen) atoms. The second kappa shape index (κ2) is 9.77. The Kier molecular flexibility index (Phi) is 6.65. The number of rotatable bonds is 7. The van der Waals surface area contributed by atoms with E-state index >= 15 is 0 Å². The highest BCUT2D eigenvalue weighted by Gasteiger charge is 2.35. The molecule has 0 spiro atoms. The number of fused-ring (bicyclic) bond motifs is 1. The van der Waals surface area contributed by atoms with E-state index in [1.54, 1.807) is 4.90 Å². The van der Waals surface area contributed by atoms with Crippen LogP contribution in [0, 0.1) is 5.92 Å². The molecule has 1 aliphatic carbocycles. The number of nitrogens with one attached hydrogen (secondary N) is 1. The van der Waals surface area contributed by atoms with Crippen molar-refractivity contribution in [2.24, 2.45) is 5.92 Å². The Labute approximate surface area is 182 Å². The molecule has 0 radical (unpaired) electrons. The summed E-state index contributed by atoms with van der Waals surface area (Å²) < 4.78 is 5.25. The molecule has 0 aromatic heterocycles. The maximum Gasteiger partial charge on any atom is 0.311 e. The van der Waals surface area contributed by atoms with E-state index in [-0.39, 0.29) is 30.9 Å². The number of carbonyl (C=O) groups excluding carboxylic acids is 3. The number of hydrogen-bond acceptors (Lipinski definition) is 4. The fraction of sp³-hybridized carbons (Fsp3) is 0.400. The number of hydrogen-bond donors (Lipinski definition) is 1. The Bertz CT molecular complexity index is 944. The van der Waals surface area contributed by atoms with Gasteiger partial charge in [0.15, 0.2) is 6.61 Å². The molecule has 2 atom stereocenters. The van der Waals surface area contributed by atoms with Gasteiger partial charge in [0.05, 0.1) is 12.0 Å². The molecule has 1 fully saturated rings. The van der Waals surface area contributed by atoms with Crippen molar-refractivity contribution in [1.82, 2.24) is 10.2 Å². The van der Waals surface area contributed by atoms with Gasteiger partial charge >= 0.3 is 5.97 Å². The molecule has 0 bridgehead atoms. The number of esters is 1. The zero-order valence-corrected chi connectivity index (χ0v) is 17.6. The van der Waals surface area contributed by atoms with Crippen LogP contribution in [-0.4, -0.2) is 42.4 Å². The van der Waals surface area contributed by atoms with Gasteiger partial charge in [-0.3, -0.25) is 14.4 Å². The van der Waals surface area contributed by atoms with E-state index in [1.807, 2.05) is 48.5 Å². The van der Waals surface area contributed by atoms with Crippen LogP contribution in [0.25, 0.3) is 0 Å². The van der Waals surface area contributed by atoms with Gasteiger partial charge < -0.3 is 15.0 Å². The maximum atomic E-state index is 12.4. The quantitative estimate of drug-likeness (QED) is 0.699. The van der Waals surface area contributed by atoms with Gasteiger partial charge in [-0.05, 0) is 42.4 Å². The highest BCUT2D eigenvalue weighted by Crippen LogP contribution is 2.29. The van der Waals surface area contributed by atoms with Gasteiger partial charge in [-0.2, -0.15) is 0 Å². The normalized spacial score (nSPS) is 20.3. The first-order chi connectivity index (χ1) is 15.1. The summed E-state index contributed by atoms with van der Waals surface area (Å²) in [5.41, 5.74) is 3.56. The van der Waals surface area contributed by atoms with Crippen LogP contribution in [0.4, 0.5) is 0 Å². The van der Waals surface area contributed by atoms with Crippen LogP contribution in [0.3, 0.4) is 0 Å². The van der Waals surface area contributed by atoms with Crippen molar-refractivity contribution in [2.75, 3.05) is 19.7 Å². The fourth-order valence-electron chi connectivity index (χ4n) is 4.45. The largest absolute Gasteiger partial charge is 0.455 e. The molecule has 1 N–H and O–H groups in total. The Morgan fingerprint density at radius 3 is 2.68 bits per heavy atom. The van der Waals surface area contributed by atoms with Crippen LogP contribution >= 0.6 is 0 Å².